The summed E-state index contributed by atoms with van der Waals surface area (Å²) in [6.07, 6.45) is 5.35. The van der Waals surface area contributed by atoms with Gasteiger partial charge in [-0.25, -0.2) is 0 Å². The zero-order chi connectivity index (χ0) is 16.4. The van der Waals surface area contributed by atoms with E-state index in [1.165, 1.54) is 13.3 Å². The maximum atomic E-state index is 12.6. The molecule has 1 aromatic carbocycles. The number of rotatable bonds is 3. The highest BCUT2D eigenvalue weighted by Crippen LogP contribution is 2.42. The summed E-state index contributed by atoms with van der Waals surface area (Å²) in [5.74, 6) is 0.985. The lowest BCUT2D eigenvalue weighted by molar-refractivity contribution is -0.122. The first-order valence-corrected chi connectivity index (χ1v) is 8.47. The molecule has 0 saturated heterocycles. The molecule has 2 aliphatic rings. The van der Waals surface area contributed by atoms with Crippen LogP contribution >= 0.6 is 12.4 Å². The second-order valence-electron chi connectivity index (χ2n) is 6.95. The van der Waals surface area contributed by atoms with E-state index in [1.54, 1.807) is 12.1 Å². The smallest absolute Gasteiger partial charge is 0.227 e. The molecule has 0 radical (unpaired) electrons. The minimum absolute atomic E-state index is 0. The molecule has 5 nitrogen and oxygen atoms in total. The van der Waals surface area contributed by atoms with Gasteiger partial charge in [-0.05, 0) is 55.7 Å². The maximum absolute atomic E-state index is 12.6. The fraction of sp³-hybridized carbons (Fsp3) is 0.556. The second kappa shape index (κ2) is 7.99. The van der Waals surface area contributed by atoms with Crippen LogP contribution in [0.1, 0.15) is 39.0 Å². The van der Waals surface area contributed by atoms with Crippen LogP contribution in [0.5, 0.6) is 0 Å². The minimum atomic E-state index is -0.123. The van der Waals surface area contributed by atoms with Crippen LogP contribution in [0.15, 0.2) is 24.3 Å². The summed E-state index contributed by atoms with van der Waals surface area (Å²) in [6.45, 7) is 1.47. The van der Waals surface area contributed by atoms with Crippen LogP contribution < -0.4 is 16.4 Å². The van der Waals surface area contributed by atoms with Crippen molar-refractivity contribution in [1.82, 2.24) is 0 Å². The topological polar surface area (TPSA) is 84.2 Å². The molecule has 1 aromatic rings. The maximum Gasteiger partial charge on any atom is 0.227 e. The Balaban J connectivity index is 0.00000208. The molecule has 24 heavy (non-hydrogen) atoms. The number of anilines is 2. The van der Waals surface area contributed by atoms with Crippen molar-refractivity contribution in [3.8, 4) is 0 Å². The lowest BCUT2D eigenvalue weighted by Crippen LogP contribution is -2.48. The molecule has 0 heterocycles. The molecule has 2 atom stereocenters. The van der Waals surface area contributed by atoms with E-state index < -0.39 is 0 Å². The molecule has 2 fully saturated rings. The molecule has 2 saturated carbocycles. The number of halogens is 1. The molecule has 0 spiro atoms. The van der Waals surface area contributed by atoms with E-state index in [1.807, 2.05) is 12.1 Å². The average molecular weight is 352 g/mol. The number of fused-ring (bicyclic) bond motifs is 2. The highest BCUT2D eigenvalue weighted by Gasteiger charge is 2.40. The predicted molar refractivity (Wildman–Crippen MR) is 98.2 cm³/mol. The van der Waals surface area contributed by atoms with Crippen molar-refractivity contribution in [3.05, 3.63) is 24.3 Å². The number of carbonyl (C=O) groups is 2. The summed E-state index contributed by atoms with van der Waals surface area (Å²) in [7, 11) is 0. The molecule has 2 bridgehead atoms. The first-order valence-electron chi connectivity index (χ1n) is 8.47. The lowest BCUT2D eigenvalue weighted by atomic mass is 9.65. The summed E-state index contributed by atoms with van der Waals surface area (Å²) >= 11 is 0. The van der Waals surface area contributed by atoms with Gasteiger partial charge < -0.3 is 16.4 Å². The van der Waals surface area contributed by atoms with Gasteiger partial charge in [0.2, 0.25) is 11.8 Å². The third kappa shape index (κ3) is 4.28. The van der Waals surface area contributed by atoms with Gasteiger partial charge in [-0.15, -0.1) is 12.4 Å². The van der Waals surface area contributed by atoms with Gasteiger partial charge in [0.15, 0.2) is 0 Å². The number of benzene rings is 1. The summed E-state index contributed by atoms with van der Waals surface area (Å²) in [6, 6.07) is 7.54. The van der Waals surface area contributed by atoms with Gasteiger partial charge in [0, 0.05) is 30.3 Å². The van der Waals surface area contributed by atoms with E-state index in [4.69, 9.17) is 5.73 Å². The van der Waals surface area contributed by atoms with Gasteiger partial charge in [0.05, 0.1) is 0 Å². The monoisotopic (exact) mass is 351 g/mol. The Hall–Kier alpha value is -1.59. The van der Waals surface area contributed by atoms with Gasteiger partial charge in [-0.3, -0.25) is 9.59 Å². The van der Waals surface area contributed by atoms with E-state index >= 15 is 0 Å². The van der Waals surface area contributed by atoms with Crippen molar-refractivity contribution in [2.24, 2.45) is 23.5 Å². The zero-order valence-electron chi connectivity index (χ0n) is 14.0. The van der Waals surface area contributed by atoms with Gasteiger partial charge in [0.1, 0.15) is 0 Å². The molecule has 2 aliphatic carbocycles. The Morgan fingerprint density at radius 2 is 1.67 bits per heavy atom. The van der Waals surface area contributed by atoms with Crippen LogP contribution in [0, 0.1) is 17.8 Å². The van der Waals surface area contributed by atoms with E-state index in [0.29, 0.717) is 17.5 Å². The number of hydrogen-bond donors (Lipinski definition) is 3. The Morgan fingerprint density at radius 3 is 2.25 bits per heavy atom. The highest BCUT2D eigenvalue weighted by molar-refractivity contribution is 5.94. The van der Waals surface area contributed by atoms with Crippen LogP contribution in [0.4, 0.5) is 11.4 Å². The third-order valence-corrected chi connectivity index (χ3v) is 5.23. The lowest BCUT2D eigenvalue weighted by Gasteiger charge is -2.43. The molecule has 3 rings (SSSR count). The quantitative estimate of drug-likeness (QED) is 0.782. The van der Waals surface area contributed by atoms with Crippen molar-refractivity contribution in [2.75, 3.05) is 10.6 Å². The molecule has 132 valence electrons. The molecule has 2 unspecified atom stereocenters. The van der Waals surface area contributed by atoms with Crippen LogP contribution in [-0.2, 0) is 9.59 Å². The van der Waals surface area contributed by atoms with Gasteiger partial charge in [-0.2, -0.15) is 0 Å². The van der Waals surface area contributed by atoms with E-state index in [9.17, 15) is 9.59 Å². The highest BCUT2D eigenvalue weighted by atomic mass is 35.5. The largest absolute Gasteiger partial charge is 0.327 e. The van der Waals surface area contributed by atoms with Crippen molar-refractivity contribution in [3.63, 3.8) is 0 Å². The predicted octanol–water partition coefficient (Wildman–Crippen LogP) is 3.16. The fourth-order valence-electron chi connectivity index (χ4n) is 4.13. The van der Waals surface area contributed by atoms with Crippen molar-refractivity contribution in [2.45, 2.75) is 45.1 Å². The van der Waals surface area contributed by atoms with E-state index in [2.05, 4.69) is 10.6 Å². The van der Waals surface area contributed by atoms with Crippen LogP contribution in [0.3, 0.4) is 0 Å². The Bertz CT molecular complexity index is 594. The van der Waals surface area contributed by atoms with Gasteiger partial charge in [0.25, 0.3) is 0 Å². The molecule has 4 N–H and O–H groups in total. The standard InChI is InChI=1S/C18H25N3O2.ClH/c1-11(22)20-15-6-3-7-16(10-15)21-18(23)14-8-12-4-2-5-13(9-14)17(12)19;/h3,6-7,10,12-14,17H,2,4-5,8-9,19H2,1H3,(H,20,22)(H,21,23);1H. The SMILES string of the molecule is CC(=O)Nc1cccc(NC(=O)C2CC3CCCC(C2)C3N)c1.Cl. The van der Waals surface area contributed by atoms with E-state index in [0.717, 1.165) is 31.4 Å². The summed E-state index contributed by atoms with van der Waals surface area (Å²) in [5, 5.41) is 5.73. The zero-order valence-corrected chi connectivity index (χ0v) is 14.8. The number of nitrogens with one attached hydrogen (secondary N) is 2. The number of carbonyl (C=O) groups excluding carboxylic acids is 2. The van der Waals surface area contributed by atoms with Crippen LogP contribution in [0.2, 0.25) is 0 Å². The van der Waals surface area contributed by atoms with Gasteiger partial charge >= 0.3 is 0 Å². The summed E-state index contributed by atoms with van der Waals surface area (Å²) in [5.41, 5.74) is 7.71. The number of hydrogen-bond acceptors (Lipinski definition) is 3. The first-order chi connectivity index (χ1) is 11.0. The van der Waals surface area contributed by atoms with Crippen molar-refractivity contribution >= 4 is 35.6 Å². The third-order valence-electron chi connectivity index (χ3n) is 5.23. The second-order valence-corrected chi connectivity index (χ2v) is 6.95. The first kappa shape index (κ1) is 18.7. The molecular formula is C18H26ClN3O2. The Kier molecular flexibility index (Phi) is 6.24. The molecule has 2 amide bonds. The molecule has 6 heteroatoms. The van der Waals surface area contributed by atoms with Crippen molar-refractivity contribution < 1.29 is 9.59 Å². The number of nitrogens with two attached hydrogens (primary N) is 1. The average Bonchev–Trinajstić information content (AvgIpc) is 2.46. The van der Waals surface area contributed by atoms with E-state index in [-0.39, 0.29) is 36.2 Å². The Morgan fingerprint density at radius 1 is 1.08 bits per heavy atom. The summed E-state index contributed by atoms with van der Waals surface area (Å²) in [4.78, 5) is 23.7. The van der Waals surface area contributed by atoms with Gasteiger partial charge in [-0.1, -0.05) is 12.5 Å². The molecular weight excluding hydrogens is 326 g/mol. The fourth-order valence-corrected chi connectivity index (χ4v) is 4.13. The molecule has 0 aliphatic heterocycles. The minimum Gasteiger partial charge on any atom is -0.327 e. The van der Waals surface area contributed by atoms with Crippen molar-refractivity contribution in [1.29, 1.82) is 0 Å². The van der Waals surface area contributed by atoms with Crippen LogP contribution in [-0.4, -0.2) is 17.9 Å². The van der Waals surface area contributed by atoms with Crippen LogP contribution in [0.25, 0.3) is 0 Å². The summed E-state index contributed by atoms with van der Waals surface area (Å²) < 4.78 is 0. The molecule has 0 aromatic heterocycles. The number of amides is 2. The normalized spacial score (nSPS) is 28.4. The Labute approximate surface area is 149 Å².